The minimum atomic E-state index is -1.53. The summed E-state index contributed by atoms with van der Waals surface area (Å²) in [6.07, 6.45) is 4.72. The zero-order valence-electron chi connectivity index (χ0n) is 67.6. The highest BCUT2D eigenvalue weighted by molar-refractivity contribution is 5.93. The first-order valence-corrected chi connectivity index (χ1v) is 40.1. The fourth-order valence-corrected chi connectivity index (χ4v) is 15.1. The number of benzene rings is 8. The number of nitrogens with zero attached hydrogens (tertiary/aromatic N) is 4. The van der Waals surface area contributed by atoms with Gasteiger partial charge in [-0.25, -0.2) is 38.4 Å². The van der Waals surface area contributed by atoms with Crippen LogP contribution in [0.5, 0.6) is 0 Å². The van der Waals surface area contributed by atoms with Gasteiger partial charge in [-0.2, -0.15) is 0 Å². The smallest absolute Gasteiger partial charge is 0.335 e. The van der Waals surface area contributed by atoms with Gasteiger partial charge in [-0.1, -0.05) is 121 Å². The molecule has 12 aromatic rings. The Labute approximate surface area is 714 Å². The molecule has 0 aliphatic heterocycles. The molecular formula is C93H92N8O24. The van der Waals surface area contributed by atoms with Crippen LogP contribution in [0.25, 0.3) is 43.6 Å². The van der Waals surface area contributed by atoms with Gasteiger partial charge in [0.2, 0.25) is 23.6 Å². The second kappa shape index (κ2) is 41.8. The van der Waals surface area contributed by atoms with Crippen LogP contribution in [0.3, 0.4) is 0 Å². The minimum Gasteiger partial charge on any atom is -0.480 e. The van der Waals surface area contributed by atoms with Crippen molar-refractivity contribution in [1.82, 2.24) is 39.5 Å². The summed E-state index contributed by atoms with van der Waals surface area (Å²) in [5.74, 6) is -12.7. The molecule has 0 aliphatic carbocycles. The zero-order valence-corrected chi connectivity index (χ0v) is 67.6. The van der Waals surface area contributed by atoms with Gasteiger partial charge in [0.1, 0.15) is 24.2 Å². The Morgan fingerprint density at radius 2 is 0.464 bits per heavy atom. The number of para-hydroxylation sites is 4. The number of amides is 4. The van der Waals surface area contributed by atoms with Gasteiger partial charge < -0.3 is 99.3 Å². The predicted octanol–water partition coefficient (Wildman–Crippen LogP) is 9.65. The first kappa shape index (κ1) is 89.7. The summed E-state index contributed by atoms with van der Waals surface area (Å²) in [5, 5.41) is 93.5. The molecule has 8 aromatic carbocycles. The maximum Gasteiger partial charge on any atom is 0.335 e. The molecule has 0 saturated carbocycles. The van der Waals surface area contributed by atoms with Crippen molar-refractivity contribution in [2.45, 2.75) is 102 Å². The maximum atomic E-state index is 14.0. The summed E-state index contributed by atoms with van der Waals surface area (Å²) < 4.78 is 32.6. The Bertz CT molecular complexity index is 5230. The van der Waals surface area contributed by atoms with Gasteiger partial charge in [0.25, 0.3) is 0 Å². The van der Waals surface area contributed by atoms with E-state index in [2.05, 4.69) is 21.3 Å². The number of ether oxygens (including phenoxy) is 4. The largest absolute Gasteiger partial charge is 0.480 e. The summed E-state index contributed by atoms with van der Waals surface area (Å²) in [5.41, 5.74) is 7.24. The quantitative estimate of drug-likeness (QED) is 0.0158. The van der Waals surface area contributed by atoms with Gasteiger partial charge in [-0.3, -0.25) is 19.2 Å². The van der Waals surface area contributed by atoms with Gasteiger partial charge in [-0.15, -0.1) is 0 Å². The van der Waals surface area contributed by atoms with Crippen LogP contribution in [0.1, 0.15) is 112 Å². The highest BCUT2D eigenvalue weighted by atomic mass is 16.5. The third-order valence-corrected chi connectivity index (χ3v) is 21.5. The molecule has 0 aliphatic rings. The molecule has 0 radical (unpaired) electrons. The Balaban J connectivity index is 0.759. The molecule has 32 heteroatoms. The molecule has 4 aromatic heterocycles. The van der Waals surface area contributed by atoms with Crippen molar-refractivity contribution in [3.8, 4) is 0 Å². The van der Waals surface area contributed by atoms with E-state index in [4.69, 9.17) is 18.9 Å². The molecule has 4 unspecified atom stereocenters. The van der Waals surface area contributed by atoms with Crippen LogP contribution in [0.2, 0.25) is 0 Å². The predicted molar refractivity (Wildman–Crippen MR) is 455 cm³/mol. The number of carboxylic acid groups (broad SMARTS) is 8. The topological polar surface area (TPSA) is 471 Å². The van der Waals surface area contributed by atoms with Crippen molar-refractivity contribution in [3.05, 3.63) is 286 Å². The Morgan fingerprint density at radius 3 is 0.648 bits per heavy atom. The first-order valence-electron chi connectivity index (χ1n) is 40.1. The zero-order chi connectivity index (χ0) is 88.8. The van der Waals surface area contributed by atoms with Gasteiger partial charge in [0, 0.05) is 146 Å². The molecule has 648 valence electrons. The summed E-state index contributed by atoms with van der Waals surface area (Å²) in [7, 11) is 0. The lowest BCUT2D eigenvalue weighted by molar-refractivity contribution is -0.142. The number of nitrogens with one attached hydrogen (secondary N) is 4. The van der Waals surface area contributed by atoms with Gasteiger partial charge in [0.05, 0.1) is 80.5 Å². The van der Waals surface area contributed by atoms with E-state index in [1.807, 2.05) is 91.1 Å². The average Bonchev–Trinajstić information content (AvgIpc) is 1.66. The highest BCUT2D eigenvalue weighted by Crippen LogP contribution is 2.31. The summed E-state index contributed by atoms with van der Waals surface area (Å²) >= 11 is 0. The number of carbonyl (C=O) groups is 12. The van der Waals surface area contributed by atoms with Crippen molar-refractivity contribution in [2.75, 3.05) is 52.9 Å². The Kier molecular flexibility index (Phi) is 30.0. The van der Waals surface area contributed by atoms with Crippen molar-refractivity contribution >= 4 is 115 Å². The highest BCUT2D eigenvalue weighted by Gasteiger charge is 2.35. The van der Waals surface area contributed by atoms with Crippen molar-refractivity contribution in [3.63, 3.8) is 0 Å². The van der Waals surface area contributed by atoms with Crippen LogP contribution in [0.15, 0.2) is 219 Å². The third-order valence-electron chi connectivity index (χ3n) is 21.5. The van der Waals surface area contributed by atoms with Crippen LogP contribution in [0.4, 0.5) is 0 Å². The fourth-order valence-electron chi connectivity index (χ4n) is 15.1. The van der Waals surface area contributed by atoms with E-state index in [0.717, 1.165) is 44.3 Å². The van der Waals surface area contributed by atoms with E-state index in [1.54, 1.807) is 97.6 Å². The standard InChI is InChI=1S/C93H92N8O24/c102-81(94-73(89(114)115)41-65-49-98(77-13-5-1-9-69(65)77)45-57-17-25-61(26-18-57)85(106)107)33-37-122-53-93(54-123-38-34-82(103)95-74(90(116)117)42-66-50-99(78-14-6-2-10-70(66)78)46-58-19-27-62(28-20-58)86(108)109,55-124-39-35-83(104)96-75(91(118)119)43-67-51-100(79-15-7-3-11-71(67)79)47-59-21-29-63(30-22-59)87(110)111)56-125-40-36-84(105)97-76(92(120)121)44-68-52-101(80-16-8-4-12-72(68)80)48-60-23-31-64(32-24-60)88(112)113/h1-32,49-52,73-76H,33-48,53-56H2,(H,94,102)(H,95,103)(H,96,104)(H,97,105)(H,106,107)(H,108,109)(H,110,111)(H,112,113)(H,114,115)(H,116,117)(H,118,119)(H,120,121). The number of aromatic carboxylic acids is 4. The molecule has 4 heterocycles. The number of carboxylic acids is 8. The van der Waals surface area contributed by atoms with Crippen LogP contribution >= 0.6 is 0 Å². The van der Waals surface area contributed by atoms with E-state index in [0.29, 0.717) is 70.0 Å². The minimum absolute atomic E-state index is 0.100. The van der Waals surface area contributed by atoms with Gasteiger partial charge in [0.15, 0.2) is 0 Å². The van der Waals surface area contributed by atoms with Crippen LogP contribution in [-0.2, 0) is 109 Å². The number of fused-ring (bicyclic) bond motifs is 4. The number of aliphatic carboxylic acids is 4. The SMILES string of the molecule is O=C(CCOCC(COCCC(=O)NC(Cc1cn(Cc2ccc(C(=O)O)cc2)c2ccccc12)C(=O)O)(COCCC(=O)NC(Cc1cn(Cc2ccc(C(=O)O)cc2)c2ccccc12)C(=O)O)COCCC(=O)NC(Cc1cn(Cc2ccc(C(=O)O)cc2)c2ccccc12)C(=O)O)NC(Cc1cn(Cc2ccc(C(=O)O)cc2)c2ccccc12)C(=O)O. The number of carbonyl (C=O) groups excluding carboxylic acids is 4. The summed E-state index contributed by atoms with van der Waals surface area (Å²) in [6.45, 7) is -2.00. The van der Waals surface area contributed by atoms with Crippen molar-refractivity contribution < 1.29 is 117 Å². The van der Waals surface area contributed by atoms with Gasteiger partial charge in [-0.05, 0) is 117 Å². The Hall–Kier alpha value is -14.6. The molecular weight excluding hydrogens is 1610 g/mol. The van der Waals surface area contributed by atoms with Crippen LogP contribution in [-0.4, -0.2) is 208 Å². The lowest BCUT2D eigenvalue weighted by atomic mass is 9.92. The monoisotopic (exact) mass is 1700 g/mol. The molecule has 0 saturated heterocycles. The molecule has 4 atom stereocenters. The van der Waals surface area contributed by atoms with Crippen LogP contribution < -0.4 is 21.3 Å². The number of aromatic nitrogens is 4. The van der Waals surface area contributed by atoms with E-state index < -0.39 is 153 Å². The maximum absolute atomic E-state index is 14.0. The van der Waals surface area contributed by atoms with E-state index in [1.165, 1.54) is 48.5 Å². The fraction of sp³-hybridized carbons (Fsp3) is 0.269. The molecule has 12 rings (SSSR count). The summed E-state index contributed by atoms with van der Waals surface area (Å²) in [4.78, 5) is 154. The third kappa shape index (κ3) is 24.0. The molecule has 0 spiro atoms. The second-order valence-corrected chi connectivity index (χ2v) is 30.6. The molecule has 32 nitrogen and oxygen atoms in total. The summed E-state index contributed by atoms with van der Waals surface area (Å²) in [6, 6.07) is 48.4. The van der Waals surface area contributed by atoms with Crippen molar-refractivity contribution in [2.24, 2.45) is 5.41 Å². The average molecular weight is 1710 g/mol. The van der Waals surface area contributed by atoms with E-state index in [-0.39, 0.29) is 74.4 Å². The lowest BCUT2D eigenvalue weighted by Crippen LogP contribution is -2.45. The lowest BCUT2D eigenvalue weighted by Gasteiger charge is -2.33. The first-order chi connectivity index (χ1) is 60.1. The second-order valence-electron chi connectivity index (χ2n) is 30.6. The number of rotatable bonds is 48. The number of hydrogen-bond donors (Lipinski definition) is 12. The molecule has 4 amide bonds. The van der Waals surface area contributed by atoms with Crippen molar-refractivity contribution in [1.29, 1.82) is 0 Å². The van der Waals surface area contributed by atoms with Crippen LogP contribution in [0, 0.1) is 5.41 Å². The Morgan fingerprint density at radius 1 is 0.272 bits per heavy atom. The molecule has 12 N–H and O–H groups in total. The van der Waals surface area contributed by atoms with E-state index in [9.17, 15) is 98.4 Å². The van der Waals surface area contributed by atoms with E-state index >= 15 is 0 Å². The van der Waals surface area contributed by atoms with Gasteiger partial charge >= 0.3 is 47.8 Å². The normalized spacial score (nSPS) is 12.9. The molecule has 0 fully saturated rings. The molecule has 0 bridgehead atoms. The molecule has 125 heavy (non-hydrogen) atoms. The number of hydrogen-bond acceptors (Lipinski definition) is 16.